The van der Waals surface area contributed by atoms with Gasteiger partial charge in [-0.15, -0.1) is 0 Å². The van der Waals surface area contributed by atoms with Crippen molar-refractivity contribution < 1.29 is 4.79 Å². The van der Waals surface area contributed by atoms with Gasteiger partial charge >= 0.3 is 0 Å². The zero-order valence-corrected chi connectivity index (χ0v) is 8.52. The average Bonchev–Trinajstić information content (AvgIpc) is 2.15. The molecule has 74 valence electrons. The van der Waals surface area contributed by atoms with E-state index in [9.17, 15) is 4.79 Å². The second-order valence-corrected chi connectivity index (χ2v) is 2.27. The Morgan fingerprint density at radius 3 is 2.25 bits per heavy atom. The SMILES string of the molecule is CC.CNC(=O)CCCCCN. The van der Waals surface area contributed by atoms with Crippen LogP contribution in [0, 0.1) is 0 Å². The second-order valence-electron chi connectivity index (χ2n) is 2.27. The van der Waals surface area contributed by atoms with Crippen molar-refractivity contribution in [3.63, 3.8) is 0 Å². The zero-order chi connectivity index (χ0) is 9.82. The van der Waals surface area contributed by atoms with Crippen LogP contribution in [-0.4, -0.2) is 19.5 Å². The Bertz CT molecular complexity index is 94.5. The molecule has 0 unspecified atom stereocenters. The highest BCUT2D eigenvalue weighted by Crippen LogP contribution is 1.97. The first kappa shape index (κ1) is 14.0. The van der Waals surface area contributed by atoms with Gasteiger partial charge in [-0.05, 0) is 19.4 Å². The molecule has 0 aromatic carbocycles. The van der Waals surface area contributed by atoms with Gasteiger partial charge in [0.15, 0.2) is 0 Å². The normalized spacial score (nSPS) is 8.33. The van der Waals surface area contributed by atoms with E-state index in [1.165, 1.54) is 0 Å². The molecule has 0 aromatic heterocycles. The van der Waals surface area contributed by atoms with Gasteiger partial charge in [0.05, 0.1) is 0 Å². The highest BCUT2D eigenvalue weighted by atomic mass is 16.1. The number of nitrogens with two attached hydrogens (primary N) is 1. The van der Waals surface area contributed by atoms with E-state index < -0.39 is 0 Å². The smallest absolute Gasteiger partial charge is 0.219 e. The Kier molecular flexibility index (Phi) is 15.2. The number of carbonyl (C=O) groups excluding carboxylic acids is 1. The van der Waals surface area contributed by atoms with Gasteiger partial charge in [-0.25, -0.2) is 0 Å². The fraction of sp³-hybridized carbons (Fsp3) is 0.889. The summed E-state index contributed by atoms with van der Waals surface area (Å²) in [6.45, 7) is 4.73. The summed E-state index contributed by atoms with van der Waals surface area (Å²) in [6, 6.07) is 0. The van der Waals surface area contributed by atoms with E-state index in [1.807, 2.05) is 13.8 Å². The van der Waals surface area contributed by atoms with Crippen LogP contribution in [0.15, 0.2) is 0 Å². The third-order valence-electron chi connectivity index (χ3n) is 1.39. The Labute approximate surface area is 75.7 Å². The minimum Gasteiger partial charge on any atom is -0.359 e. The van der Waals surface area contributed by atoms with Crippen molar-refractivity contribution in [1.29, 1.82) is 0 Å². The number of hydrogen-bond donors (Lipinski definition) is 2. The summed E-state index contributed by atoms with van der Waals surface area (Å²) in [7, 11) is 1.66. The van der Waals surface area contributed by atoms with E-state index in [1.54, 1.807) is 7.05 Å². The fourth-order valence-corrected chi connectivity index (χ4v) is 0.732. The first-order valence-corrected chi connectivity index (χ1v) is 4.72. The van der Waals surface area contributed by atoms with E-state index >= 15 is 0 Å². The van der Waals surface area contributed by atoms with Crippen molar-refractivity contribution in [3.8, 4) is 0 Å². The van der Waals surface area contributed by atoms with Crippen LogP contribution >= 0.6 is 0 Å². The van der Waals surface area contributed by atoms with Crippen molar-refractivity contribution in [2.45, 2.75) is 39.5 Å². The minimum atomic E-state index is 0.122. The molecule has 0 aromatic rings. The van der Waals surface area contributed by atoms with E-state index in [0.29, 0.717) is 6.42 Å². The van der Waals surface area contributed by atoms with Crippen molar-refractivity contribution >= 4 is 5.91 Å². The third kappa shape index (κ3) is 12.1. The number of carbonyl (C=O) groups is 1. The van der Waals surface area contributed by atoms with Gasteiger partial charge in [-0.2, -0.15) is 0 Å². The molecule has 0 fully saturated rings. The molecule has 3 nitrogen and oxygen atoms in total. The van der Waals surface area contributed by atoms with Crippen LogP contribution in [0.3, 0.4) is 0 Å². The largest absolute Gasteiger partial charge is 0.359 e. The molecule has 0 bridgehead atoms. The summed E-state index contributed by atoms with van der Waals surface area (Å²) >= 11 is 0. The van der Waals surface area contributed by atoms with E-state index in [0.717, 1.165) is 25.8 Å². The molecule has 0 aliphatic heterocycles. The van der Waals surface area contributed by atoms with E-state index in [2.05, 4.69) is 5.32 Å². The van der Waals surface area contributed by atoms with Crippen molar-refractivity contribution in [2.75, 3.05) is 13.6 Å². The van der Waals surface area contributed by atoms with E-state index in [-0.39, 0.29) is 5.91 Å². The third-order valence-corrected chi connectivity index (χ3v) is 1.39. The highest BCUT2D eigenvalue weighted by molar-refractivity contribution is 5.75. The molecule has 12 heavy (non-hydrogen) atoms. The Balaban J connectivity index is 0. The van der Waals surface area contributed by atoms with Crippen LogP contribution in [-0.2, 0) is 4.79 Å². The molecule has 0 rings (SSSR count). The molecule has 0 spiro atoms. The lowest BCUT2D eigenvalue weighted by Crippen LogP contribution is -2.16. The van der Waals surface area contributed by atoms with Gasteiger partial charge in [-0.3, -0.25) is 4.79 Å². The topological polar surface area (TPSA) is 55.1 Å². The van der Waals surface area contributed by atoms with Crippen molar-refractivity contribution in [2.24, 2.45) is 5.73 Å². The standard InChI is InChI=1S/C7H16N2O.C2H6/c1-9-7(10)5-3-2-4-6-8;1-2/h2-6,8H2,1H3,(H,9,10);1-2H3. The Morgan fingerprint density at radius 1 is 1.25 bits per heavy atom. The van der Waals surface area contributed by atoms with Gasteiger partial charge in [0, 0.05) is 13.5 Å². The predicted octanol–water partition coefficient (Wildman–Crippen LogP) is 1.28. The molecule has 0 saturated carbocycles. The van der Waals surface area contributed by atoms with Gasteiger partial charge in [0.1, 0.15) is 0 Å². The number of hydrogen-bond acceptors (Lipinski definition) is 2. The summed E-state index contributed by atoms with van der Waals surface area (Å²) in [4.78, 5) is 10.6. The van der Waals surface area contributed by atoms with Crippen LogP contribution in [0.1, 0.15) is 39.5 Å². The molecule has 0 saturated heterocycles. The summed E-state index contributed by atoms with van der Waals surface area (Å²) in [5.74, 6) is 0.122. The van der Waals surface area contributed by atoms with Gasteiger partial charge in [-0.1, -0.05) is 20.3 Å². The maximum Gasteiger partial charge on any atom is 0.219 e. The molecule has 0 radical (unpaired) electrons. The van der Waals surface area contributed by atoms with Gasteiger partial charge in [0.2, 0.25) is 5.91 Å². The van der Waals surface area contributed by atoms with E-state index in [4.69, 9.17) is 5.73 Å². The lowest BCUT2D eigenvalue weighted by molar-refractivity contribution is -0.120. The highest BCUT2D eigenvalue weighted by Gasteiger charge is 1.95. The number of unbranched alkanes of at least 4 members (excludes halogenated alkanes) is 2. The van der Waals surface area contributed by atoms with Gasteiger partial charge < -0.3 is 11.1 Å². The Hall–Kier alpha value is -0.570. The lowest BCUT2D eigenvalue weighted by atomic mass is 10.2. The number of rotatable bonds is 5. The molecule has 0 aliphatic carbocycles. The molecular formula is C9H22N2O. The second kappa shape index (κ2) is 13.1. The van der Waals surface area contributed by atoms with Crippen molar-refractivity contribution in [3.05, 3.63) is 0 Å². The Morgan fingerprint density at radius 2 is 1.83 bits per heavy atom. The summed E-state index contributed by atoms with van der Waals surface area (Å²) < 4.78 is 0. The van der Waals surface area contributed by atoms with Crippen LogP contribution in [0.4, 0.5) is 0 Å². The average molecular weight is 174 g/mol. The molecule has 0 heterocycles. The molecule has 3 N–H and O–H groups in total. The first-order valence-electron chi connectivity index (χ1n) is 4.72. The summed E-state index contributed by atoms with van der Waals surface area (Å²) in [5.41, 5.74) is 5.28. The van der Waals surface area contributed by atoms with Crippen LogP contribution in [0.2, 0.25) is 0 Å². The molecule has 0 atom stereocenters. The van der Waals surface area contributed by atoms with Gasteiger partial charge in [0.25, 0.3) is 0 Å². The lowest BCUT2D eigenvalue weighted by Gasteiger charge is -1.97. The number of nitrogens with one attached hydrogen (secondary N) is 1. The molecule has 0 aliphatic rings. The number of amides is 1. The maximum absolute atomic E-state index is 10.6. The molecular weight excluding hydrogens is 152 g/mol. The minimum absolute atomic E-state index is 0.122. The predicted molar refractivity (Wildman–Crippen MR) is 52.9 cm³/mol. The fourth-order valence-electron chi connectivity index (χ4n) is 0.732. The molecule has 3 heteroatoms. The quantitative estimate of drug-likeness (QED) is 0.617. The van der Waals surface area contributed by atoms with Crippen LogP contribution < -0.4 is 11.1 Å². The van der Waals surface area contributed by atoms with Crippen LogP contribution in [0.25, 0.3) is 0 Å². The van der Waals surface area contributed by atoms with Crippen LogP contribution in [0.5, 0.6) is 0 Å². The summed E-state index contributed by atoms with van der Waals surface area (Å²) in [6.07, 6.45) is 3.67. The monoisotopic (exact) mass is 174 g/mol. The first-order chi connectivity index (χ1) is 5.81. The molecule has 1 amide bonds. The summed E-state index contributed by atoms with van der Waals surface area (Å²) in [5, 5.41) is 2.57. The maximum atomic E-state index is 10.6. The van der Waals surface area contributed by atoms with Crippen molar-refractivity contribution in [1.82, 2.24) is 5.32 Å². The zero-order valence-electron chi connectivity index (χ0n) is 8.52.